The number of sulfone groups is 1. The Labute approximate surface area is 110 Å². The molecular formula is C10H15N3O5S. The van der Waals surface area contributed by atoms with E-state index in [1.807, 2.05) is 0 Å². The van der Waals surface area contributed by atoms with Gasteiger partial charge in [0.25, 0.3) is 5.91 Å². The fraction of sp³-hybridized carbons (Fsp3) is 0.700. The van der Waals surface area contributed by atoms with Crippen LogP contribution in [0.1, 0.15) is 19.3 Å². The van der Waals surface area contributed by atoms with Crippen molar-refractivity contribution in [3.8, 4) is 0 Å². The molecule has 9 heteroatoms. The summed E-state index contributed by atoms with van der Waals surface area (Å²) in [4.78, 5) is 33.7. The van der Waals surface area contributed by atoms with E-state index in [0.717, 1.165) is 0 Å². The number of rotatable bonds is 4. The predicted octanol–water partition coefficient (Wildman–Crippen LogP) is -1.72. The number of imide groups is 1. The summed E-state index contributed by atoms with van der Waals surface area (Å²) in [5.41, 5.74) is 0. The number of carbonyl (C=O) groups is 3. The zero-order chi connectivity index (χ0) is 14.0. The van der Waals surface area contributed by atoms with Gasteiger partial charge in [-0.2, -0.15) is 0 Å². The monoisotopic (exact) mass is 289 g/mol. The molecule has 2 heterocycles. The maximum Gasteiger partial charge on any atom is 0.322 e. The van der Waals surface area contributed by atoms with E-state index >= 15 is 0 Å². The third kappa shape index (κ3) is 3.66. The van der Waals surface area contributed by atoms with Gasteiger partial charge in [-0.25, -0.2) is 13.2 Å². The minimum Gasteiger partial charge on any atom is -0.352 e. The van der Waals surface area contributed by atoms with E-state index in [4.69, 9.17) is 0 Å². The summed E-state index contributed by atoms with van der Waals surface area (Å²) >= 11 is 0. The summed E-state index contributed by atoms with van der Waals surface area (Å²) in [5, 5.41) is 7.09. The van der Waals surface area contributed by atoms with E-state index in [-0.39, 0.29) is 36.3 Å². The van der Waals surface area contributed by atoms with Crippen molar-refractivity contribution in [2.75, 3.05) is 11.5 Å². The molecule has 0 aromatic heterocycles. The molecule has 2 aliphatic rings. The molecule has 0 bridgehead atoms. The summed E-state index contributed by atoms with van der Waals surface area (Å²) in [6, 6.07) is -1.59. The van der Waals surface area contributed by atoms with Crippen LogP contribution in [0.4, 0.5) is 4.79 Å². The first-order chi connectivity index (χ1) is 8.85. The van der Waals surface area contributed by atoms with Gasteiger partial charge in [-0.15, -0.1) is 0 Å². The lowest BCUT2D eigenvalue weighted by molar-refractivity contribution is -0.122. The average Bonchev–Trinajstić information content (AvgIpc) is 2.78. The third-order valence-corrected chi connectivity index (χ3v) is 4.88. The highest BCUT2D eigenvalue weighted by Crippen LogP contribution is 2.11. The molecule has 8 nitrogen and oxygen atoms in total. The van der Waals surface area contributed by atoms with Gasteiger partial charge < -0.3 is 10.6 Å². The second-order valence-corrected chi connectivity index (χ2v) is 6.95. The van der Waals surface area contributed by atoms with Crippen LogP contribution in [0.5, 0.6) is 0 Å². The molecule has 0 aliphatic carbocycles. The number of nitrogens with one attached hydrogen (secondary N) is 3. The maximum atomic E-state index is 11.6. The zero-order valence-corrected chi connectivity index (χ0v) is 11.0. The number of hydrogen-bond donors (Lipinski definition) is 3. The quantitative estimate of drug-likeness (QED) is 0.531. The number of carbonyl (C=O) groups excluding carboxylic acids is 3. The van der Waals surface area contributed by atoms with Gasteiger partial charge in [-0.1, -0.05) is 0 Å². The minimum atomic E-state index is -3.02. The molecule has 3 N–H and O–H groups in total. The smallest absolute Gasteiger partial charge is 0.322 e. The van der Waals surface area contributed by atoms with Gasteiger partial charge >= 0.3 is 6.03 Å². The number of amides is 4. The van der Waals surface area contributed by atoms with Crippen LogP contribution >= 0.6 is 0 Å². The average molecular weight is 289 g/mol. The molecule has 2 unspecified atom stereocenters. The van der Waals surface area contributed by atoms with Crippen LogP contribution in [0, 0.1) is 0 Å². The third-order valence-electron chi connectivity index (χ3n) is 3.12. The van der Waals surface area contributed by atoms with Crippen LogP contribution in [-0.4, -0.2) is 49.9 Å². The highest BCUT2D eigenvalue weighted by Gasteiger charge is 2.31. The lowest BCUT2D eigenvalue weighted by Gasteiger charge is -2.11. The fourth-order valence-corrected chi connectivity index (χ4v) is 3.82. The molecule has 2 atom stereocenters. The fourth-order valence-electron chi connectivity index (χ4n) is 2.15. The van der Waals surface area contributed by atoms with Gasteiger partial charge in [-0.3, -0.25) is 14.9 Å². The van der Waals surface area contributed by atoms with Gasteiger partial charge in [0.05, 0.1) is 11.5 Å². The Bertz CT molecular complexity index is 515. The Balaban J connectivity index is 1.74. The van der Waals surface area contributed by atoms with E-state index < -0.39 is 27.8 Å². The molecule has 2 rings (SSSR count). The molecule has 0 aromatic rings. The van der Waals surface area contributed by atoms with Crippen molar-refractivity contribution in [1.82, 2.24) is 16.0 Å². The first-order valence-corrected chi connectivity index (χ1v) is 7.79. The second kappa shape index (κ2) is 5.16. The Morgan fingerprint density at radius 1 is 1.37 bits per heavy atom. The minimum absolute atomic E-state index is 0.0284. The van der Waals surface area contributed by atoms with Crippen molar-refractivity contribution in [1.29, 1.82) is 0 Å². The van der Waals surface area contributed by atoms with E-state index in [1.54, 1.807) is 0 Å². The van der Waals surface area contributed by atoms with Crippen molar-refractivity contribution in [2.24, 2.45) is 0 Å². The van der Waals surface area contributed by atoms with Crippen molar-refractivity contribution in [3.05, 3.63) is 0 Å². The molecular weight excluding hydrogens is 274 g/mol. The van der Waals surface area contributed by atoms with Crippen molar-refractivity contribution in [2.45, 2.75) is 31.3 Å². The molecule has 4 amide bonds. The van der Waals surface area contributed by atoms with Gasteiger partial charge in [0.2, 0.25) is 5.91 Å². The molecule has 2 saturated heterocycles. The Morgan fingerprint density at radius 3 is 2.63 bits per heavy atom. The van der Waals surface area contributed by atoms with E-state index in [9.17, 15) is 22.8 Å². The van der Waals surface area contributed by atoms with Crippen molar-refractivity contribution in [3.63, 3.8) is 0 Å². The predicted molar refractivity (Wildman–Crippen MR) is 64.9 cm³/mol. The first-order valence-electron chi connectivity index (χ1n) is 5.97. The highest BCUT2D eigenvalue weighted by atomic mass is 32.2. The standard InChI is InChI=1S/C10H15N3O5S/c14-8(11-6-3-4-19(17,18)5-6)2-1-7-9(15)13-10(16)12-7/h6-7H,1-5H2,(H,11,14)(H2,12,13,15,16). The van der Waals surface area contributed by atoms with Crippen molar-refractivity contribution < 1.29 is 22.8 Å². The van der Waals surface area contributed by atoms with E-state index in [0.29, 0.717) is 6.42 Å². The molecule has 0 aromatic carbocycles. The van der Waals surface area contributed by atoms with Gasteiger partial charge in [-0.05, 0) is 12.8 Å². The number of urea groups is 1. The largest absolute Gasteiger partial charge is 0.352 e. The summed E-state index contributed by atoms with van der Waals surface area (Å²) in [6.07, 6.45) is 0.687. The van der Waals surface area contributed by atoms with Crippen molar-refractivity contribution >= 4 is 27.7 Å². The molecule has 0 radical (unpaired) electrons. The summed E-state index contributed by atoms with van der Waals surface area (Å²) < 4.78 is 22.4. The van der Waals surface area contributed by atoms with Crippen LogP contribution < -0.4 is 16.0 Å². The van der Waals surface area contributed by atoms with Gasteiger partial charge in [0.15, 0.2) is 9.84 Å². The van der Waals surface area contributed by atoms with E-state index in [1.165, 1.54) is 0 Å². The topological polar surface area (TPSA) is 121 Å². The Kier molecular flexibility index (Phi) is 3.74. The summed E-state index contributed by atoms with van der Waals surface area (Å²) in [5.74, 6) is -0.685. The highest BCUT2D eigenvalue weighted by molar-refractivity contribution is 7.91. The lowest BCUT2D eigenvalue weighted by Crippen LogP contribution is -2.37. The molecule has 2 aliphatic heterocycles. The van der Waals surface area contributed by atoms with Crippen LogP contribution in [0.15, 0.2) is 0 Å². The molecule has 0 spiro atoms. The Hall–Kier alpha value is -1.64. The van der Waals surface area contributed by atoms with Gasteiger partial charge in [0.1, 0.15) is 6.04 Å². The maximum absolute atomic E-state index is 11.6. The normalized spacial score (nSPS) is 28.8. The molecule has 2 fully saturated rings. The van der Waals surface area contributed by atoms with Crippen LogP contribution in [0.25, 0.3) is 0 Å². The lowest BCUT2D eigenvalue weighted by atomic mass is 10.1. The van der Waals surface area contributed by atoms with Crippen LogP contribution in [0.2, 0.25) is 0 Å². The summed E-state index contributed by atoms with van der Waals surface area (Å²) in [7, 11) is -3.02. The Morgan fingerprint density at radius 2 is 2.11 bits per heavy atom. The zero-order valence-electron chi connectivity index (χ0n) is 10.1. The van der Waals surface area contributed by atoms with Crippen LogP contribution in [0.3, 0.4) is 0 Å². The first kappa shape index (κ1) is 13.8. The number of hydrogen-bond acceptors (Lipinski definition) is 5. The van der Waals surface area contributed by atoms with Gasteiger partial charge in [0, 0.05) is 12.5 Å². The van der Waals surface area contributed by atoms with E-state index in [2.05, 4.69) is 16.0 Å². The summed E-state index contributed by atoms with van der Waals surface area (Å²) in [6.45, 7) is 0. The molecule has 19 heavy (non-hydrogen) atoms. The molecule has 0 saturated carbocycles. The van der Waals surface area contributed by atoms with Crippen LogP contribution in [-0.2, 0) is 19.4 Å². The molecule has 106 valence electrons. The second-order valence-electron chi connectivity index (χ2n) is 4.72. The SMILES string of the molecule is O=C(CCC1NC(=O)NC1=O)NC1CCS(=O)(=O)C1.